The van der Waals surface area contributed by atoms with Crippen LogP contribution in [-0.2, 0) is 7.05 Å². The maximum Gasteiger partial charge on any atom is 0.160 e. The van der Waals surface area contributed by atoms with Crippen molar-refractivity contribution in [2.24, 2.45) is 12.0 Å². The molecule has 4 heterocycles. The van der Waals surface area contributed by atoms with Crippen molar-refractivity contribution in [3.8, 4) is 0 Å². The number of hydrogen-bond donors (Lipinski definition) is 0. The summed E-state index contributed by atoms with van der Waals surface area (Å²) < 4.78 is 2.28. The zero-order valence-corrected chi connectivity index (χ0v) is 13.9. The number of rotatable bonds is 2. The molecule has 22 heavy (non-hydrogen) atoms. The molecule has 0 radical (unpaired) electrons. The lowest BCUT2D eigenvalue weighted by atomic mass is 10.0. The van der Waals surface area contributed by atoms with Crippen molar-refractivity contribution < 1.29 is 0 Å². The van der Waals surface area contributed by atoms with Crippen LogP contribution < -0.4 is 0 Å². The molecule has 0 amide bonds. The van der Waals surface area contributed by atoms with Crippen LogP contribution in [0.15, 0.2) is 41.5 Å². The number of hydrogen-bond acceptors (Lipinski definition) is 4. The minimum Gasteiger partial charge on any atom is -0.350 e. The number of aromatic nitrogens is 2. The Labute approximate surface area is 135 Å². The SMILES string of the molecule is Cc1ccc(C2C(c3ccccn3)N=C3SC(C)CN32)n1C. The van der Waals surface area contributed by atoms with Crippen LogP contribution in [0.2, 0.25) is 0 Å². The fourth-order valence-corrected chi connectivity index (χ4v) is 4.46. The van der Waals surface area contributed by atoms with E-state index in [0.717, 1.165) is 12.2 Å². The molecule has 114 valence electrons. The van der Waals surface area contributed by atoms with E-state index in [1.165, 1.54) is 16.6 Å². The maximum atomic E-state index is 5.01. The van der Waals surface area contributed by atoms with Crippen LogP contribution in [0.1, 0.15) is 36.1 Å². The predicted octanol–water partition coefficient (Wildman–Crippen LogP) is 3.32. The van der Waals surface area contributed by atoms with Crippen molar-refractivity contribution in [3.63, 3.8) is 0 Å². The van der Waals surface area contributed by atoms with Gasteiger partial charge in [0.1, 0.15) is 6.04 Å². The van der Waals surface area contributed by atoms with Crippen LogP contribution in [0.3, 0.4) is 0 Å². The Bertz CT molecular complexity index is 722. The summed E-state index contributed by atoms with van der Waals surface area (Å²) in [5, 5.41) is 1.78. The Balaban J connectivity index is 1.80. The van der Waals surface area contributed by atoms with E-state index in [1.807, 2.05) is 24.0 Å². The first-order chi connectivity index (χ1) is 10.6. The zero-order valence-electron chi connectivity index (χ0n) is 13.1. The van der Waals surface area contributed by atoms with E-state index >= 15 is 0 Å². The van der Waals surface area contributed by atoms with Crippen molar-refractivity contribution >= 4 is 16.9 Å². The van der Waals surface area contributed by atoms with Crippen molar-refractivity contribution in [3.05, 3.63) is 53.6 Å². The summed E-state index contributed by atoms with van der Waals surface area (Å²) in [6.45, 7) is 5.48. The average molecular weight is 312 g/mol. The molecule has 2 aromatic rings. The lowest BCUT2D eigenvalue weighted by molar-refractivity contribution is 0.309. The Morgan fingerprint density at radius 3 is 2.77 bits per heavy atom. The summed E-state index contributed by atoms with van der Waals surface area (Å²) in [5.41, 5.74) is 3.66. The van der Waals surface area contributed by atoms with Crippen LogP contribution in [0.4, 0.5) is 0 Å². The lowest BCUT2D eigenvalue weighted by Gasteiger charge is -2.27. The molecule has 1 fully saturated rings. The third-order valence-corrected chi connectivity index (χ3v) is 5.70. The number of aryl methyl sites for hydroxylation is 1. The molecule has 0 aromatic carbocycles. The van der Waals surface area contributed by atoms with Gasteiger partial charge in [0.2, 0.25) is 0 Å². The molecule has 1 saturated heterocycles. The highest BCUT2D eigenvalue weighted by atomic mass is 32.2. The second-order valence-corrected chi connectivity index (χ2v) is 7.50. The number of thioether (sulfide) groups is 1. The Kier molecular flexibility index (Phi) is 3.26. The molecule has 5 heteroatoms. The second kappa shape index (κ2) is 5.16. The minimum absolute atomic E-state index is 0.0872. The average Bonchev–Trinajstić information content (AvgIpc) is 3.14. The van der Waals surface area contributed by atoms with Gasteiger partial charge < -0.3 is 9.47 Å². The highest BCUT2D eigenvalue weighted by Gasteiger charge is 2.44. The Morgan fingerprint density at radius 2 is 2.09 bits per heavy atom. The molecule has 0 aliphatic carbocycles. The summed E-state index contributed by atoms with van der Waals surface area (Å²) in [4.78, 5) is 12.0. The Morgan fingerprint density at radius 1 is 1.23 bits per heavy atom. The third kappa shape index (κ3) is 2.07. The predicted molar refractivity (Wildman–Crippen MR) is 91.1 cm³/mol. The van der Waals surface area contributed by atoms with E-state index in [-0.39, 0.29) is 12.1 Å². The van der Waals surface area contributed by atoms with Gasteiger partial charge in [-0.25, -0.2) is 0 Å². The summed E-state index contributed by atoms with van der Waals surface area (Å²) in [5.74, 6) is 0. The molecule has 4 nitrogen and oxygen atoms in total. The van der Waals surface area contributed by atoms with E-state index in [9.17, 15) is 0 Å². The monoisotopic (exact) mass is 312 g/mol. The van der Waals surface area contributed by atoms with Gasteiger partial charge in [-0.15, -0.1) is 0 Å². The van der Waals surface area contributed by atoms with Crippen LogP contribution in [0.25, 0.3) is 0 Å². The molecule has 4 rings (SSSR count). The molecule has 0 spiro atoms. The third-order valence-electron chi connectivity index (χ3n) is 4.60. The molecular weight excluding hydrogens is 292 g/mol. The van der Waals surface area contributed by atoms with E-state index in [4.69, 9.17) is 4.99 Å². The molecule has 0 saturated carbocycles. The van der Waals surface area contributed by atoms with Gasteiger partial charge in [-0.2, -0.15) is 0 Å². The number of pyridine rings is 1. The second-order valence-electron chi connectivity index (χ2n) is 6.10. The molecule has 2 aromatic heterocycles. The van der Waals surface area contributed by atoms with Crippen LogP contribution in [0, 0.1) is 6.92 Å². The first kappa shape index (κ1) is 13.9. The van der Waals surface area contributed by atoms with Gasteiger partial charge in [0.05, 0.1) is 11.7 Å². The minimum atomic E-state index is 0.0872. The molecule has 0 N–H and O–H groups in total. The summed E-state index contributed by atoms with van der Waals surface area (Å²) in [6.07, 6.45) is 1.86. The fraction of sp³-hybridized carbons (Fsp3) is 0.412. The Hall–Kier alpha value is -1.75. The number of fused-ring (bicyclic) bond motifs is 1. The number of nitrogens with zero attached hydrogens (tertiary/aromatic N) is 4. The van der Waals surface area contributed by atoms with Crippen LogP contribution >= 0.6 is 11.8 Å². The highest BCUT2D eigenvalue weighted by Crippen LogP contribution is 2.47. The van der Waals surface area contributed by atoms with Gasteiger partial charge in [0.25, 0.3) is 0 Å². The summed E-state index contributed by atoms with van der Waals surface area (Å²) in [6, 6.07) is 10.9. The highest BCUT2D eigenvalue weighted by molar-refractivity contribution is 8.14. The maximum absolute atomic E-state index is 5.01. The van der Waals surface area contributed by atoms with Crippen LogP contribution in [0.5, 0.6) is 0 Å². The van der Waals surface area contributed by atoms with Crippen molar-refractivity contribution in [1.29, 1.82) is 0 Å². The largest absolute Gasteiger partial charge is 0.350 e. The summed E-state index contributed by atoms with van der Waals surface area (Å²) in [7, 11) is 2.14. The smallest absolute Gasteiger partial charge is 0.160 e. The normalized spacial score (nSPS) is 27.1. The molecule has 3 atom stereocenters. The van der Waals surface area contributed by atoms with Crippen molar-refractivity contribution in [2.75, 3.05) is 6.54 Å². The number of amidine groups is 1. The molecular formula is C17H20N4S. The van der Waals surface area contributed by atoms with Gasteiger partial charge in [-0.1, -0.05) is 24.8 Å². The fourth-order valence-electron chi connectivity index (χ4n) is 3.37. The topological polar surface area (TPSA) is 33.4 Å². The van der Waals surface area contributed by atoms with Gasteiger partial charge in [-0.05, 0) is 31.2 Å². The molecule has 2 aliphatic rings. The van der Waals surface area contributed by atoms with Gasteiger partial charge in [-0.3, -0.25) is 9.98 Å². The summed E-state index contributed by atoms with van der Waals surface area (Å²) >= 11 is 1.88. The van der Waals surface area contributed by atoms with Gasteiger partial charge in [0.15, 0.2) is 5.17 Å². The molecule has 0 bridgehead atoms. The molecule has 2 aliphatic heterocycles. The first-order valence-electron chi connectivity index (χ1n) is 7.69. The van der Waals surface area contributed by atoms with E-state index in [0.29, 0.717) is 5.25 Å². The van der Waals surface area contributed by atoms with Gasteiger partial charge >= 0.3 is 0 Å². The van der Waals surface area contributed by atoms with Crippen molar-refractivity contribution in [2.45, 2.75) is 31.2 Å². The zero-order chi connectivity index (χ0) is 15.3. The number of aliphatic imine (C=N–C) groups is 1. The quantitative estimate of drug-likeness (QED) is 0.853. The molecule has 3 unspecified atom stereocenters. The van der Waals surface area contributed by atoms with Crippen molar-refractivity contribution in [1.82, 2.24) is 14.5 Å². The van der Waals surface area contributed by atoms with Crippen LogP contribution in [-0.4, -0.2) is 31.4 Å². The van der Waals surface area contributed by atoms with Gasteiger partial charge in [0, 0.05) is 36.4 Å². The van der Waals surface area contributed by atoms with E-state index in [2.05, 4.69) is 59.6 Å². The standard InChI is InChI=1S/C17H20N4S/c1-11-7-8-14(20(11)3)16-15(13-6-4-5-9-18-13)19-17-21(16)10-12(2)22-17/h4-9,12,15-16H,10H2,1-3H3. The first-order valence-corrected chi connectivity index (χ1v) is 8.57. The van der Waals surface area contributed by atoms with E-state index < -0.39 is 0 Å². The van der Waals surface area contributed by atoms with E-state index in [1.54, 1.807) is 0 Å². The lowest BCUT2D eigenvalue weighted by Crippen LogP contribution is -2.30.